The van der Waals surface area contributed by atoms with Gasteiger partial charge in [0.05, 0.1) is 0 Å². The first-order valence-electron chi connectivity index (χ1n) is 8.23. The van der Waals surface area contributed by atoms with E-state index in [1.165, 1.54) is 18.4 Å². The number of hydrogen-bond acceptors (Lipinski definition) is 4. The summed E-state index contributed by atoms with van der Waals surface area (Å²) in [6, 6.07) is 14.1. The number of anilines is 1. The summed E-state index contributed by atoms with van der Waals surface area (Å²) in [7, 11) is 0. The molecule has 1 fully saturated rings. The Morgan fingerprint density at radius 1 is 1.04 bits per heavy atom. The zero-order valence-electron chi connectivity index (χ0n) is 13.2. The van der Waals surface area contributed by atoms with Crippen molar-refractivity contribution in [3.63, 3.8) is 0 Å². The second kappa shape index (κ2) is 7.72. The maximum absolute atomic E-state index is 12.1. The Hall–Kier alpha value is -2.43. The predicted octanol–water partition coefficient (Wildman–Crippen LogP) is 2.80. The number of rotatable bonds is 6. The van der Waals surface area contributed by atoms with Crippen molar-refractivity contribution in [1.82, 2.24) is 15.5 Å². The van der Waals surface area contributed by atoms with Crippen LogP contribution in [0.4, 0.5) is 5.82 Å². The molecule has 0 spiro atoms. The molecule has 1 aliphatic rings. The highest BCUT2D eigenvalue weighted by atomic mass is 16.2. The Morgan fingerprint density at radius 3 is 2.52 bits per heavy atom. The Kier molecular flexibility index (Phi) is 5.19. The van der Waals surface area contributed by atoms with Gasteiger partial charge in [0.1, 0.15) is 5.82 Å². The van der Waals surface area contributed by atoms with Gasteiger partial charge in [0, 0.05) is 12.6 Å². The highest BCUT2D eigenvalue weighted by Gasteiger charge is 2.18. The minimum absolute atomic E-state index is 0.125. The van der Waals surface area contributed by atoms with Crippen molar-refractivity contribution >= 4 is 11.7 Å². The van der Waals surface area contributed by atoms with Crippen molar-refractivity contribution in [3.8, 4) is 0 Å². The Morgan fingerprint density at radius 2 is 1.83 bits per heavy atom. The van der Waals surface area contributed by atoms with Crippen molar-refractivity contribution in [1.29, 1.82) is 0 Å². The molecule has 1 amide bonds. The van der Waals surface area contributed by atoms with Gasteiger partial charge in [-0.15, -0.1) is 10.2 Å². The monoisotopic (exact) mass is 310 g/mol. The molecule has 3 rings (SSSR count). The van der Waals surface area contributed by atoms with E-state index in [9.17, 15) is 4.79 Å². The van der Waals surface area contributed by atoms with Crippen LogP contribution in [0.5, 0.6) is 0 Å². The number of carbonyl (C=O) groups is 1. The van der Waals surface area contributed by atoms with E-state index >= 15 is 0 Å². The summed E-state index contributed by atoms with van der Waals surface area (Å²) in [5, 5.41) is 14.3. The van der Waals surface area contributed by atoms with Gasteiger partial charge in [-0.25, -0.2) is 0 Å². The zero-order valence-corrected chi connectivity index (χ0v) is 13.2. The molecule has 0 aliphatic heterocycles. The smallest absolute Gasteiger partial charge is 0.272 e. The molecule has 1 heterocycles. The van der Waals surface area contributed by atoms with Crippen LogP contribution in [0.1, 0.15) is 41.7 Å². The lowest BCUT2D eigenvalue weighted by Crippen LogP contribution is -2.33. The van der Waals surface area contributed by atoms with Crippen LogP contribution in [0.3, 0.4) is 0 Å². The molecule has 2 aromatic rings. The van der Waals surface area contributed by atoms with E-state index in [4.69, 9.17) is 0 Å². The number of aromatic nitrogens is 2. The number of carbonyl (C=O) groups excluding carboxylic acids is 1. The third kappa shape index (κ3) is 4.52. The van der Waals surface area contributed by atoms with Crippen LogP contribution in [0, 0.1) is 0 Å². The molecule has 1 aromatic carbocycles. The van der Waals surface area contributed by atoms with Crippen molar-refractivity contribution in [2.24, 2.45) is 0 Å². The minimum Gasteiger partial charge on any atom is -0.368 e. The lowest BCUT2D eigenvalue weighted by molar-refractivity contribution is 0.0932. The van der Waals surface area contributed by atoms with Gasteiger partial charge in [0.25, 0.3) is 5.91 Å². The second-order valence-electron chi connectivity index (χ2n) is 5.92. The molecule has 0 unspecified atom stereocenters. The van der Waals surface area contributed by atoms with Gasteiger partial charge in [0.15, 0.2) is 5.69 Å². The molecule has 1 aliphatic carbocycles. The largest absolute Gasteiger partial charge is 0.368 e. The summed E-state index contributed by atoms with van der Waals surface area (Å²) >= 11 is 0. The highest BCUT2D eigenvalue weighted by molar-refractivity contribution is 5.92. The van der Waals surface area contributed by atoms with Crippen molar-refractivity contribution < 1.29 is 4.79 Å². The minimum atomic E-state index is -0.125. The Labute approximate surface area is 136 Å². The summed E-state index contributed by atoms with van der Waals surface area (Å²) in [6.45, 7) is 0.784. The molecule has 5 heteroatoms. The van der Waals surface area contributed by atoms with Gasteiger partial charge in [-0.05, 0) is 37.0 Å². The van der Waals surface area contributed by atoms with Crippen LogP contribution < -0.4 is 10.6 Å². The van der Waals surface area contributed by atoms with Crippen LogP contribution in [0.25, 0.3) is 0 Å². The summed E-state index contributed by atoms with van der Waals surface area (Å²) in [6.07, 6.45) is 5.45. The maximum Gasteiger partial charge on any atom is 0.272 e. The number of nitrogens with one attached hydrogen (secondary N) is 2. The van der Waals surface area contributed by atoms with Gasteiger partial charge in [-0.1, -0.05) is 43.2 Å². The third-order valence-electron chi connectivity index (χ3n) is 4.15. The molecule has 0 saturated heterocycles. The van der Waals surface area contributed by atoms with E-state index in [1.807, 2.05) is 24.3 Å². The van der Waals surface area contributed by atoms with E-state index < -0.39 is 0 Å². The average molecular weight is 310 g/mol. The average Bonchev–Trinajstić information content (AvgIpc) is 3.09. The van der Waals surface area contributed by atoms with Gasteiger partial charge >= 0.3 is 0 Å². The van der Waals surface area contributed by atoms with Gasteiger partial charge in [-0.3, -0.25) is 4.79 Å². The molecule has 120 valence electrons. The molecule has 23 heavy (non-hydrogen) atoms. The van der Waals surface area contributed by atoms with Crippen LogP contribution >= 0.6 is 0 Å². The SMILES string of the molecule is O=C(NC1CCCC1)c1ccc(NCCc2ccccc2)nn1. The van der Waals surface area contributed by atoms with E-state index in [2.05, 4.69) is 33.0 Å². The van der Waals surface area contributed by atoms with Gasteiger partial charge in [0.2, 0.25) is 0 Å². The first-order chi connectivity index (χ1) is 11.3. The first kappa shape index (κ1) is 15.5. The Bertz CT molecular complexity index is 621. The molecule has 5 nitrogen and oxygen atoms in total. The predicted molar refractivity (Wildman–Crippen MR) is 90.4 cm³/mol. The van der Waals surface area contributed by atoms with Crippen molar-refractivity contribution in [2.75, 3.05) is 11.9 Å². The molecule has 1 aromatic heterocycles. The third-order valence-corrected chi connectivity index (χ3v) is 4.15. The topological polar surface area (TPSA) is 66.9 Å². The van der Waals surface area contributed by atoms with Crippen molar-refractivity contribution in [3.05, 3.63) is 53.7 Å². The fourth-order valence-corrected chi connectivity index (χ4v) is 2.86. The number of nitrogens with zero attached hydrogens (tertiary/aromatic N) is 2. The molecule has 0 bridgehead atoms. The molecule has 2 N–H and O–H groups in total. The van der Waals surface area contributed by atoms with E-state index in [0.29, 0.717) is 17.6 Å². The summed E-state index contributed by atoms with van der Waals surface area (Å²) in [5.41, 5.74) is 1.66. The molecule has 0 atom stereocenters. The lowest BCUT2D eigenvalue weighted by Gasteiger charge is -2.11. The van der Waals surface area contributed by atoms with Crippen LogP contribution in [0.2, 0.25) is 0 Å². The lowest BCUT2D eigenvalue weighted by atomic mass is 10.1. The van der Waals surface area contributed by atoms with Crippen LogP contribution in [-0.4, -0.2) is 28.7 Å². The first-order valence-corrected chi connectivity index (χ1v) is 8.23. The van der Waals surface area contributed by atoms with Gasteiger partial charge < -0.3 is 10.6 Å². The number of benzene rings is 1. The number of amides is 1. The summed E-state index contributed by atoms with van der Waals surface area (Å²) in [4.78, 5) is 12.1. The molecule has 0 radical (unpaired) electrons. The molecular weight excluding hydrogens is 288 g/mol. The van der Waals surface area contributed by atoms with Crippen LogP contribution in [-0.2, 0) is 6.42 Å². The normalized spacial score (nSPS) is 14.6. The van der Waals surface area contributed by atoms with E-state index in [0.717, 1.165) is 25.8 Å². The van der Waals surface area contributed by atoms with Gasteiger partial charge in [-0.2, -0.15) is 0 Å². The molecule has 1 saturated carbocycles. The fraction of sp³-hybridized carbons (Fsp3) is 0.389. The summed E-state index contributed by atoms with van der Waals surface area (Å²) < 4.78 is 0. The summed E-state index contributed by atoms with van der Waals surface area (Å²) in [5.74, 6) is 0.568. The zero-order chi connectivity index (χ0) is 15.9. The number of hydrogen-bond donors (Lipinski definition) is 2. The quantitative estimate of drug-likeness (QED) is 0.861. The second-order valence-corrected chi connectivity index (χ2v) is 5.92. The maximum atomic E-state index is 12.1. The fourth-order valence-electron chi connectivity index (χ4n) is 2.86. The standard InChI is InChI=1S/C18H22N4O/c23-18(20-15-8-4-5-9-15)16-10-11-17(22-21-16)19-13-12-14-6-2-1-3-7-14/h1-3,6-7,10-11,15H,4-5,8-9,12-13H2,(H,19,22)(H,20,23). The highest BCUT2D eigenvalue weighted by Crippen LogP contribution is 2.18. The molecular formula is C18H22N4O. The Balaban J connectivity index is 1.47. The van der Waals surface area contributed by atoms with E-state index in [-0.39, 0.29) is 5.91 Å². The van der Waals surface area contributed by atoms with E-state index in [1.54, 1.807) is 6.07 Å². The van der Waals surface area contributed by atoms with Crippen molar-refractivity contribution in [2.45, 2.75) is 38.1 Å². The van der Waals surface area contributed by atoms with Crippen LogP contribution in [0.15, 0.2) is 42.5 Å².